The third-order valence-electron chi connectivity index (χ3n) is 3.14. The van der Waals surface area contributed by atoms with E-state index in [-0.39, 0.29) is 12.5 Å². The van der Waals surface area contributed by atoms with E-state index in [2.05, 4.69) is 17.6 Å². The van der Waals surface area contributed by atoms with Crippen molar-refractivity contribution in [3.05, 3.63) is 30.6 Å². The molecule has 1 aromatic heterocycles. The first-order valence-electron chi connectivity index (χ1n) is 6.89. The minimum absolute atomic E-state index is 0.189. The van der Waals surface area contributed by atoms with Gasteiger partial charge < -0.3 is 4.74 Å². The molecular weight excluding hydrogens is 240 g/mol. The fraction of sp³-hybridized carbons (Fsp3) is 0.467. The highest BCUT2D eigenvalue weighted by Gasteiger charge is 2.17. The van der Waals surface area contributed by atoms with E-state index < -0.39 is 0 Å². The lowest BCUT2D eigenvalue weighted by Crippen LogP contribution is -2.37. The maximum Gasteiger partial charge on any atom is 0.348 e. The highest BCUT2D eigenvalue weighted by atomic mass is 16.5. The summed E-state index contributed by atoms with van der Waals surface area (Å²) in [5.74, 6) is -0.189. The molecule has 2 aromatic rings. The lowest BCUT2D eigenvalue weighted by atomic mass is 10.3. The van der Waals surface area contributed by atoms with Crippen LogP contribution in [0.4, 0.5) is 0 Å². The van der Waals surface area contributed by atoms with Crippen molar-refractivity contribution in [1.29, 1.82) is 0 Å². The molecule has 0 N–H and O–H groups in total. The van der Waals surface area contributed by atoms with Gasteiger partial charge >= 0.3 is 5.97 Å². The number of imidazole rings is 1. The van der Waals surface area contributed by atoms with Crippen LogP contribution in [-0.4, -0.2) is 17.1 Å². The second-order valence-corrected chi connectivity index (χ2v) is 4.58. The number of carbonyl (C=O) groups is 1. The van der Waals surface area contributed by atoms with Gasteiger partial charge in [0.1, 0.15) is 0 Å². The normalized spacial score (nSPS) is 10.8. The Morgan fingerprint density at radius 1 is 1.32 bits per heavy atom. The molecule has 0 unspecified atom stereocenters. The molecule has 0 amide bonds. The van der Waals surface area contributed by atoms with Crippen LogP contribution in [0.25, 0.3) is 11.0 Å². The quantitative estimate of drug-likeness (QED) is 0.591. The van der Waals surface area contributed by atoms with E-state index in [0.717, 1.165) is 24.9 Å². The fourth-order valence-corrected chi connectivity index (χ4v) is 2.22. The van der Waals surface area contributed by atoms with Gasteiger partial charge in [0.2, 0.25) is 6.33 Å². The lowest BCUT2D eigenvalue weighted by molar-refractivity contribution is -0.661. The van der Waals surface area contributed by atoms with Crippen molar-refractivity contribution < 1.29 is 14.1 Å². The van der Waals surface area contributed by atoms with Crippen LogP contribution in [-0.2, 0) is 22.6 Å². The summed E-state index contributed by atoms with van der Waals surface area (Å²) in [5, 5.41) is 0. The van der Waals surface area contributed by atoms with Crippen LogP contribution in [0, 0.1) is 0 Å². The SMILES string of the molecule is CCCCn1c[n+](CC(=O)OCC)c2ccccc21. The number of aryl methyl sites for hydroxylation is 1. The molecule has 1 aromatic carbocycles. The highest BCUT2D eigenvalue weighted by molar-refractivity contribution is 5.73. The van der Waals surface area contributed by atoms with Crippen LogP contribution in [0.5, 0.6) is 0 Å². The second kappa shape index (κ2) is 6.36. The van der Waals surface area contributed by atoms with Crippen LogP contribution >= 0.6 is 0 Å². The van der Waals surface area contributed by atoms with E-state index in [1.54, 1.807) is 0 Å². The van der Waals surface area contributed by atoms with E-state index in [4.69, 9.17) is 4.74 Å². The summed E-state index contributed by atoms with van der Waals surface area (Å²) < 4.78 is 9.18. The van der Waals surface area contributed by atoms with Gasteiger partial charge in [0, 0.05) is 0 Å². The van der Waals surface area contributed by atoms with Gasteiger partial charge in [-0.15, -0.1) is 0 Å². The summed E-state index contributed by atoms with van der Waals surface area (Å²) in [7, 11) is 0. The van der Waals surface area contributed by atoms with Crippen LogP contribution < -0.4 is 4.57 Å². The molecule has 102 valence electrons. The predicted molar refractivity (Wildman–Crippen MR) is 73.7 cm³/mol. The fourth-order valence-electron chi connectivity index (χ4n) is 2.22. The van der Waals surface area contributed by atoms with Crippen molar-refractivity contribution in [3.8, 4) is 0 Å². The summed E-state index contributed by atoms with van der Waals surface area (Å²) in [4.78, 5) is 11.6. The lowest BCUT2D eigenvalue weighted by Gasteiger charge is -1.98. The Morgan fingerprint density at radius 3 is 2.84 bits per heavy atom. The largest absolute Gasteiger partial charge is 0.463 e. The summed E-state index contributed by atoms with van der Waals surface area (Å²) in [6, 6.07) is 8.15. The van der Waals surface area contributed by atoms with Crippen LogP contribution in [0.15, 0.2) is 30.6 Å². The topological polar surface area (TPSA) is 35.1 Å². The minimum Gasteiger partial charge on any atom is -0.463 e. The van der Waals surface area contributed by atoms with Gasteiger partial charge in [0.25, 0.3) is 0 Å². The Balaban J connectivity index is 2.30. The molecule has 1 heterocycles. The molecule has 4 nitrogen and oxygen atoms in total. The Bertz CT molecular complexity index is 560. The van der Waals surface area contributed by atoms with Crippen molar-refractivity contribution in [1.82, 2.24) is 4.57 Å². The Morgan fingerprint density at radius 2 is 2.11 bits per heavy atom. The maximum absolute atomic E-state index is 11.6. The third-order valence-corrected chi connectivity index (χ3v) is 3.14. The van der Waals surface area contributed by atoms with E-state index in [1.165, 1.54) is 5.52 Å². The number of esters is 1. The van der Waals surface area contributed by atoms with Gasteiger partial charge in [-0.2, -0.15) is 0 Å². The average Bonchev–Trinajstić information content (AvgIpc) is 2.75. The van der Waals surface area contributed by atoms with Crippen molar-refractivity contribution in [3.63, 3.8) is 0 Å². The molecule has 2 rings (SSSR count). The van der Waals surface area contributed by atoms with Crippen molar-refractivity contribution in [2.75, 3.05) is 6.61 Å². The van der Waals surface area contributed by atoms with E-state index in [0.29, 0.717) is 6.61 Å². The van der Waals surface area contributed by atoms with Gasteiger partial charge in [-0.3, -0.25) is 0 Å². The number of benzene rings is 1. The number of nitrogens with zero attached hydrogens (tertiary/aromatic N) is 2. The molecule has 0 atom stereocenters. The Labute approximate surface area is 113 Å². The number of fused-ring (bicyclic) bond motifs is 1. The van der Waals surface area contributed by atoms with E-state index >= 15 is 0 Å². The van der Waals surface area contributed by atoms with Crippen molar-refractivity contribution in [2.45, 2.75) is 39.8 Å². The van der Waals surface area contributed by atoms with Crippen LogP contribution in [0.1, 0.15) is 26.7 Å². The summed E-state index contributed by atoms with van der Waals surface area (Å²) in [6.45, 7) is 5.68. The van der Waals surface area contributed by atoms with Crippen LogP contribution in [0.2, 0.25) is 0 Å². The molecule has 0 spiro atoms. The first-order chi connectivity index (χ1) is 9.26. The molecule has 0 bridgehead atoms. The number of hydrogen-bond donors (Lipinski definition) is 0. The highest BCUT2D eigenvalue weighted by Crippen LogP contribution is 2.11. The maximum atomic E-state index is 11.6. The molecule has 0 aliphatic carbocycles. The molecule has 0 saturated carbocycles. The molecular formula is C15H21N2O2+. The molecule has 0 fully saturated rings. The molecule has 4 heteroatoms. The zero-order valence-electron chi connectivity index (χ0n) is 11.6. The van der Waals surface area contributed by atoms with Gasteiger partial charge in [0.05, 0.1) is 13.2 Å². The number of ether oxygens (including phenoxy) is 1. The second-order valence-electron chi connectivity index (χ2n) is 4.58. The molecule has 0 aliphatic rings. The number of rotatable bonds is 6. The molecule has 19 heavy (non-hydrogen) atoms. The molecule has 0 aliphatic heterocycles. The summed E-state index contributed by atoms with van der Waals surface area (Å²) in [5.41, 5.74) is 2.24. The summed E-state index contributed by atoms with van der Waals surface area (Å²) in [6.07, 6.45) is 4.31. The first kappa shape index (κ1) is 13.6. The van der Waals surface area contributed by atoms with Gasteiger partial charge in [0.15, 0.2) is 17.6 Å². The third kappa shape index (κ3) is 3.13. The first-order valence-corrected chi connectivity index (χ1v) is 6.89. The molecule has 0 radical (unpaired) electrons. The predicted octanol–water partition coefficient (Wildman–Crippen LogP) is 2.29. The standard InChI is InChI=1S/C15H21N2O2/c1-3-5-10-16-12-17(11-15(18)19-4-2)14-9-7-6-8-13(14)16/h6-9,12H,3-5,10-11H2,1-2H3/q+1. The number of para-hydroxylation sites is 2. The van der Waals surface area contributed by atoms with E-state index in [9.17, 15) is 4.79 Å². The summed E-state index contributed by atoms with van der Waals surface area (Å²) >= 11 is 0. The zero-order valence-corrected chi connectivity index (χ0v) is 11.6. The minimum atomic E-state index is -0.189. The van der Waals surface area contributed by atoms with Gasteiger partial charge in [-0.25, -0.2) is 13.9 Å². The number of hydrogen-bond acceptors (Lipinski definition) is 2. The number of carbonyl (C=O) groups excluding carboxylic acids is 1. The monoisotopic (exact) mass is 261 g/mol. The number of aromatic nitrogens is 2. The average molecular weight is 261 g/mol. The number of unbranched alkanes of at least 4 members (excludes halogenated alkanes) is 1. The van der Waals surface area contributed by atoms with Crippen LogP contribution in [0.3, 0.4) is 0 Å². The zero-order chi connectivity index (χ0) is 13.7. The molecule has 0 saturated heterocycles. The van der Waals surface area contributed by atoms with Crippen molar-refractivity contribution >= 4 is 17.0 Å². The Hall–Kier alpha value is -1.84. The van der Waals surface area contributed by atoms with Crippen molar-refractivity contribution in [2.24, 2.45) is 0 Å². The Kier molecular flexibility index (Phi) is 4.55. The van der Waals surface area contributed by atoms with E-state index in [1.807, 2.05) is 36.0 Å². The smallest absolute Gasteiger partial charge is 0.348 e. The van der Waals surface area contributed by atoms with Gasteiger partial charge in [-0.1, -0.05) is 25.5 Å². The van der Waals surface area contributed by atoms with Gasteiger partial charge in [-0.05, 0) is 25.5 Å².